The molecule has 0 spiro atoms. The third kappa shape index (κ3) is 5.83. The molecule has 4 nitrogen and oxygen atoms in total. The molecule has 0 radical (unpaired) electrons. The normalized spacial score (nSPS) is 16.8. The smallest absolute Gasteiger partial charge is 0.191 e. The Morgan fingerprint density at radius 2 is 1.96 bits per heavy atom. The highest BCUT2D eigenvalue weighted by Gasteiger charge is 2.20. The molecule has 1 saturated heterocycles. The van der Waals surface area contributed by atoms with Crippen molar-refractivity contribution in [3.8, 4) is 0 Å². The van der Waals surface area contributed by atoms with Crippen LogP contribution in [-0.2, 0) is 13.1 Å². The molecule has 1 aromatic carbocycles. The molecular formula is C19H25BrN4S. The van der Waals surface area contributed by atoms with E-state index in [4.69, 9.17) is 0 Å². The van der Waals surface area contributed by atoms with E-state index in [1.54, 1.807) is 11.3 Å². The van der Waals surface area contributed by atoms with Gasteiger partial charge in [-0.2, -0.15) is 11.3 Å². The minimum Gasteiger partial charge on any atom is -0.354 e. The van der Waals surface area contributed by atoms with E-state index in [0.29, 0.717) is 6.04 Å². The number of piperidine rings is 1. The lowest BCUT2D eigenvalue weighted by Gasteiger charge is -2.33. The molecule has 1 aliphatic rings. The van der Waals surface area contributed by atoms with Gasteiger partial charge in [0.1, 0.15) is 0 Å². The second-order valence-corrected chi connectivity index (χ2v) is 8.07. The van der Waals surface area contributed by atoms with Gasteiger partial charge in [0.25, 0.3) is 0 Å². The van der Waals surface area contributed by atoms with Crippen molar-refractivity contribution in [2.75, 3.05) is 20.1 Å². The average molecular weight is 421 g/mol. The van der Waals surface area contributed by atoms with Crippen LogP contribution in [0.25, 0.3) is 0 Å². The van der Waals surface area contributed by atoms with Gasteiger partial charge in [-0.05, 0) is 52.9 Å². The van der Waals surface area contributed by atoms with Gasteiger partial charge in [0, 0.05) is 43.7 Å². The van der Waals surface area contributed by atoms with Crippen LogP contribution in [-0.4, -0.2) is 37.0 Å². The fraction of sp³-hybridized carbons (Fsp3) is 0.421. The molecule has 0 atom stereocenters. The van der Waals surface area contributed by atoms with Crippen LogP contribution in [0.5, 0.6) is 0 Å². The predicted molar refractivity (Wildman–Crippen MR) is 110 cm³/mol. The zero-order valence-corrected chi connectivity index (χ0v) is 16.9. The third-order valence-corrected chi connectivity index (χ3v) is 5.77. The first-order valence-electron chi connectivity index (χ1n) is 8.68. The number of rotatable bonds is 5. The van der Waals surface area contributed by atoms with Crippen LogP contribution in [0.4, 0.5) is 0 Å². The molecule has 25 heavy (non-hydrogen) atoms. The van der Waals surface area contributed by atoms with E-state index in [-0.39, 0.29) is 0 Å². The van der Waals surface area contributed by atoms with Crippen molar-refractivity contribution in [1.82, 2.24) is 15.5 Å². The largest absolute Gasteiger partial charge is 0.354 e. The number of thiophene rings is 1. The van der Waals surface area contributed by atoms with Crippen LogP contribution in [0, 0.1) is 0 Å². The van der Waals surface area contributed by atoms with Gasteiger partial charge in [-0.1, -0.05) is 28.1 Å². The first-order valence-corrected chi connectivity index (χ1v) is 10.4. The maximum atomic E-state index is 4.37. The molecule has 0 saturated carbocycles. The van der Waals surface area contributed by atoms with Gasteiger partial charge in [-0.3, -0.25) is 9.89 Å². The van der Waals surface area contributed by atoms with Gasteiger partial charge in [0.05, 0.1) is 0 Å². The van der Waals surface area contributed by atoms with Crippen molar-refractivity contribution < 1.29 is 0 Å². The summed E-state index contributed by atoms with van der Waals surface area (Å²) in [7, 11) is 1.84. The van der Waals surface area contributed by atoms with Gasteiger partial charge in [0.2, 0.25) is 0 Å². The van der Waals surface area contributed by atoms with Crippen molar-refractivity contribution in [3.05, 3.63) is 56.7 Å². The number of nitrogens with one attached hydrogen (secondary N) is 2. The summed E-state index contributed by atoms with van der Waals surface area (Å²) in [4.78, 5) is 6.91. The van der Waals surface area contributed by atoms with Crippen molar-refractivity contribution in [2.45, 2.75) is 32.0 Å². The van der Waals surface area contributed by atoms with E-state index in [9.17, 15) is 0 Å². The summed E-state index contributed by atoms with van der Waals surface area (Å²) in [6.07, 6.45) is 2.31. The molecule has 2 N–H and O–H groups in total. The number of benzene rings is 1. The molecule has 134 valence electrons. The van der Waals surface area contributed by atoms with Crippen molar-refractivity contribution in [3.63, 3.8) is 0 Å². The van der Waals surface area contributed by atoms with Crippen LogP contribution in [0.15, 0.2) is 50.6 Å². The third-order valence-electron chi connectivity index (χ3n) is 4.51. The fourth-order valence-electron chi connectivity index (χ4n) is 3.05. The lowest BCUT2D eigenvalue weighted by Crippen LogP contribution is -2.48. The molecule has 1 aromatic heterocycles. The summed E-state index contributed by atoms with van der Waals surface area (Å²) in [5, 5.41) is 11.4. The molecule has 6 heteroatoms. The standard InChI is InChI=1S/C19H25BrN4S/c1-21-19(22-12-15-2-4-17(20)5-3-15)23-18-6-9-24(10-7-18)13-16-8-11-25-14-16/h2-5,8,11,14,18H,6-7,9-10,12-13H2,1H3,(H2,21,22,23). The molecule has 3 rings (SSSR count). The summed E-state index contributed by atoms with van der Waals surface area (Å²) >= 11 is 5.25. The lowest BCUT2D eigenvalue weighted by atomic mass is 10.0. The van der Waals surface area contributed by atoms with Gasteiger partial charge in [-0.25, -0.2) is 0 Å². The van der Waals surface area contributed by atoms with Gasteiger partial charge < -0.3 is 10.6 Å². The Labute approximate surface area is 162 Å². The predicted octanol–water partition coefficient (Wildman–Crippen LogP) is 3.84. The molecule has 0 unspecified atom stereocenters. The van der Waals surface area contributed by atoms with Crippen molar-refractivity contribution in [1.29, 1.82) is 0 Å². The van der Waals surface area contributed by atoms with Gasteiger partial charge in [-0.15, -0.1) is 0 Å². The van der Waals surface area contributed by atoms with Gasteiger partial charge in [0.15, 0.2) is 5.96 Å². The molecule has 0 aliphatic carbocycles. The Balaban J connectivity index is 1.41. The highest BCUT2D eigenvalue weighted by atomic mass is 79.9. The summed E-state index contributed by atoms with van der Waals surface area (Å²) in [5.41, 5.74) is 2.68. The number of hydrogen-bond acceptors (Lipinski definition) is 3. The topological polar surface area (TPSA) is 39.7 Å². The second-order valence-electron chi connectivity index (χ2n) is 6.38. The number of halogens is 1. The Bertz CT molecular complexity index is 661. The molecule has 0 amide bonds. The number of guanidine groups is 1. The van der Waals surface area contributed by atoms with Crippen LogP contribution in [0.3, 0.4) is 0 Å². The maximum absolute atomic E-state index is 4.37. The van der Waals surface area contributed by atoms with E-state index in [2.05, 4.69) is 77.5 Å². The Hall–Kier alpha value is -1.37. The second kappa shape index (κ2) is 9.36. The lowest BCUT2D eigenvalue weighted by molar-refractivity contribution is 0.198. The van der Waals surface area contributed by atoms with E-state index in [0.717, 1.165) is 49.5 Å². The first-order chi connectivity index (χ1) is 12.2. The van der Waals surface area contributed by atoms with E-state index < -0.39 is 0 Å². The van der Waals surface area contributed by atoms with E-state index in [1.807, 2.05) is 7.05 Å². The summed E-state index contributed by atoms with van der Waals surface area (Å²) in [6.45, 7) is 4.13. The number of aliphatic imine (C=N–C) groups is 1. The zero-order chi connectivity index (χ0) is 17.5. The minimum absolute atomic E-state index is 0.495. The minimum atomic E-state index is 0.495. The summed E-state index contributed by atoms with van der Waals surface area (Å²) < 4.78 is 1.10. The van der Waals surface area contributed by atoms with Crippen molar-refractivity contribution in [2.24, 2.45) is 4.99 Å². The Morgan fingerprint density at radius 1 is 1.20 bits per heavy atom. The van der Waals surface area contributed by atoms with E-state index in [1.165, 1.54) is 11.1 Å². The highest BCUT2D eigenvalue weighted by molar-refractivity contribution is 9.10. The van der Waals surface area contributed by atoms with Crippen molar-refractivity contribution >= 4 is 33.2 Å². The number of nitrogens with zero attached hydrogens (tertiary/aromatic N) is 2. The van der Waals surface area contributed by atoms with Crippen LogP contribution in [0.1, 0.15) is 24.0 Å². The zero-order valence-electron chi connectivity index (χ0n) is 14.5. The quantitative estimate of drug-likeness (QED) is 0.569. The molecule has 1 aliphatic heterocycles. The Morgan fingerprint density at radius 3 is 2.60 bits per heavy atom. The van der Waals surface area contributed by atoms with Crippen LogP contribution in [0.2, 0.25) is 0 Å². The maximum Gasteiger partial charge on any atom is 0.191 e. The average Bonchev–Trinajstić information content (AvgIpc) is 3.14. The highest BCUT2D eigenvalue weighted by Crippen LogP contribution is 2.15. The fourth-order valence-corrected chi connectivity index (χ4v) is 3.98. The monoisotopic (exact) mass is 420 g/mol. The molecule has 1 fully saturated rings. The molecule has 0 bridgehead atoms. The molecular weight excluding hydrogens is 396 g/mol. The van der Waals surface area contributed by atoms with E-state index >= 15 is 0 Å². The van der Waals surface area contributed by atoms with Crippen LogP contribution >= 0.6 is 27.3 Å². The molecule has 2 heterocycles. The van der Waals surface area contributed by atoms with Crippen LogP contribution < -0.4 is 10.6 Å². The number of hydrogen-bond donors (Lipinski definition) is 2. The SMILES string of the molecule is CN=C(NCc1ccc(Br)cc1)NC1CCN(Cc2ccsc2)CC1. The molecule has 2 aromatic rings. The Kier molecular flexibility index (Phi) is 6.90. The van der Waals surface area contributed by atoms with Gasteiger partial charge >= 0.3 is 0 Å². The summed E-state index contributed by atoms with van der Waals surface area (Å²) in [5.74, 6) is 0.888. The summed E-state index contributed by atoms with van der Waals surface area (Å²) in [6, 6.07) is 11.1. The first kappa shape index (κ1) is 18.4. The number of likely N-dealkylation sites (tertiary alicyclic amines) is 1.